The van der Waals surface area contributed by atoms with Gasteiger partial charge in [0.25, 0.3) is 5.91 Å². The van der Waals surface area contributed by atoms with Crippen molar-refractivity contribution in [3.63, 3.8) is 0 Å². The molecular formula is C28H30N4O2. The van der Waals surface area contributed by atoms with Crippen LogP contribution in [0.1, 0.15) is 26.3 Å². The zero-order chi connectivity index (χ0) is 23.9. The van der Waals surface area contributed by atoms with E-state index < -0.39 is 6.10 Å². The van der Waals surface area contributed by atoms with E-state index in [-0.39, 0.29) is 5.91 Å². The second-order valence-corrected chi connectivity index (χ2v) is 8.09. The van der Waals surface area contributed by atoms with Crippen LogP contribution >= 0.6 is 0 Å². The van der Waals surface area contributed by atoms with E-state index in [4.69, 9.17) is 4.74 Å². The van der Waals surface area contributed by atoms with E-state index in [1.54, 1.807) is 13.3 Å². The van der Waals surface area contributed by atoms with Crippen LogP contribution in [0.5, 0.6) is 5.75 Å². The van der Waals surface area contributed by atoms with E-state index in [0.29, 0.717) is 12.3 Å². The number of benzene rings is 3. The zero-order valence-corrected chi connectivity index (χ0v) is 19.9. The molecule has 1 aromatic heterocycles. The first kappa shape index (κ1) is 23.2. The number of rotatable bonds is 9. The van der Waals surface area contributed by atoms with Crippen LogP contribution in [0, 0.1) is 0 Å². The number of aromatic nitrogens is 2. The molecule has 0 spiro atoms. The fourth-order valence-corrected chi connectivity index (χ4v) is 3.95. The van der Waals surface area contributed by atoms with Gasteiger partial charge in [-0.2, -0.15) is 0 Å². The molecule has 0 aliphatic rings. The van der Waals surface area contributed by atoms with Gasteiger partial charge in [0, 0.05) is 25.0 Å². The van der Waals surface area contributed by atoms with E-state index in [1.807, 2.05) is 48.5 Å². The average Bonchev–Trinajstić information content (AvgIpc) is 2.88. The first-order valence-corrected chi connectivity index (χ1v) is 11.7. The number of nitrogens with zero attached hydrogens (tertiary/aromatic N) is 3. The number of fused-ring (bicyclic) bond motifs is 1. The van der Waals surface area contributed by atoms with Crippen molar-refractivity contribution in [2.24, 2.45) is 0 Å². The van der Waals surface area contributed by atoms with Crippen molar-refractivity contribution in [3.05, 3.63) is 84.7 Å². The molecule has 174 valence electrons. The van der Waals surface area contributed by atoms with Gasteiger partial charge in [0.2, 0.25) is 0 Å². The number of anilines is 1. The summed E-state index contributed by atoms with van der Waals surface area (Å²) < 4.78 is 5.72. The van der Waals surface area contributed by atoms with Gasteiger partial charge in [-0.3, -0.25) is 4.79 Å². The molecule has 1 amide bonds. The van der Waals surface area contributed by atoms with Gasteiger partial charge in [0.15, 0.2) is 6.10 Å². The van der Waals surface area contributed by atoms with Gasteiger partial charge in [0.1, 0.15) is 17.9 Å². The topological polar surface area (TPSA) is 67.4 Å². The lowest BCUT2D eigenvalue weighted by Gasteiger charge is -2.21. The van der Waals surface area contributed by atoms with Crippen molar-refractivity contribution >= 4 is 22.6 Å². The molecule has 3 aromatic carbocycles. The maximum atomic E-state index is 12.5. The summed E-state index contributed by atoms with van der Waals surface area (Å²) in [5, 5.41) is 4.01. The Morgan fingerprint density at radius 1 is 0.941 bits per heavy atom. The van der Waals surface area contributed by atoms with E-state index >= 15 is 0 Å². The summed E-state index contributed by atoms with van der Waals surface area (Å²) in [7, 11) is 0. The monoisotopic (exact) mass is 454 g/mol. The van der Waals surface area contributed by atoms with Crippen molar-refractivity contribution < 1.29 is 9.53 Å². The van der Waals surface area contributed by atoms with E-state index in [1.165, 1.54) is 0 Å². The van der Waals surface area contributed by atoms with Gasteiger partial charge in [-0.05, 0) is 67.8 Å². The molecule has 4 aromatic rings. The number of nitrogens with one attached hydrogen (secondary N) is 1. The van der Waals surface area contributed by atoms with Crippen LogP contribution in [0.15, 0.2) is 79.1 Å². The van der Waals surface area contributed by atoms with Crippen LogP contribution in [0.3, 0.4) is 0 Å². The largest absolute Gasteiger partial charge is 0.481 e. The van der Waals surface area contributed by atoms with Crippen molar-refractivity contribution in [3.8, 4) is 16.9 Å². The molecule has 1 atom stereocenters. The molecule has 6 nitrogen and oxygen atoms in total. The first-order chi connectivity index (χ1) is 16.6. The summed E-state index contributed by atoms with van der Waals surface area (Å²) >= 11 is 0. The molecule has 0 aliphatic heterocycles. The molecule has 0 radical (unpaired) electrons. The smallest absolute Gasteiger partial charge is 0.261 e. The molecule has 0 fully saturated rings. The number of hydrogen-bond donors (Lipinski definition) is 1. The van der Waals surface area contributed by atoms with E-state index in [9.17, 15) is 4.79 Å². The van der Waals surface area contributed by atoms with Crippen LogP contribution in [0.2, 0.25) is 0 Å². The standard InChI is InChI=1S/C28H30N4O2/c1-4-32(5-2)27-25-17-23(14-15-26(25)30-19-31-27)22-11-9-10-21(16-22)18-29-28(33)20(3)34-24-12-7-6-8-13-24/h6-17,19-20H,4-5,18H2,1-3H3,(H,29,33). The van der Waals surface area contributed by atoms with Crippen LogP contribution in [0.4, 0.5) is 5.82 Å². The highest BCUT2D eigenvalue weighted by atomic mass is 16.5. The lowest BCUT2D eigenvalue weighted by atomic mass is 10.0. The molecule has 4 rings (SSSR count). The summed E-state index contributed by atoms with van der Waals surface area (Å²) in [6.07, 6.45) is 1.05. The number of hydrogen-bond acceptors (Lipinski definition) is 5. The summed E-state index contributed by atoms with van der Waals surface area (Å²) in [5.41, 5.74) is 4.11. The van der Waals surface area contributed by atoms with Crippen LogP contribution in [-0.2, 0) is 11.3 Å². The summed E-state index contributed by atoms with van der Waals surface area (Å²) in [6.45, 7) is 8.21. The number of amides is 1. The summed E-state index contributed by atoms with van der Waals surface area (Å²) in [4.78, 5) is 23.8. The molecule has 0 aliphatic carbocycles. The fourth-order valence-electron chi connectivity index (χ4n) is 3.95. The third-order valence-electron chi connectivity index (χ3n) is 5.83. The zero-order valence-electron chi connectivity index (χ0n) is 19.9. The lowest BCUT2D eigenvalue weighted by Crippen LogP contribution is -2.35. The third kappa shape index (κ3) is 5.34. The predicted octanol–water partition coefficient (Wildman–Crippen LogP) is 5.23. The number of ether oxygens (including phenoxy) is 1. The molecule has 0 saturated heterocycles. The Morgan fingerprint density at radius 3 is 2.47 bits per heavy atom. The average molecular weight is 455 g/mol. The van der Waals surface area contributed by atoms with Gasteiger partial charge in [-0.15, -0.1) is 0 Å². The van der Waals surface area contributed by atoms with Crippen LogP contribution in [0.25, 0.3) is 22.0 Å². The minimum Gasteiger partial charge on any atom is -0.481 e. The Kier molecular flexibility index (Phi) is 7.38. The highest BCUT2D eigenvalue weighted by molar-refractivity contribution is 5.93. The molecule has 0 bridgehead atoms. The third-order valence-corrected chi connectivity index (χ3v) is 5.83. The Hall–Kier alpha value is -3.93. The van der Waals surface area contributed by atoms with Crippen LogP contribution < -0.4 is 15.0 Å². The van der Waals surface area contributed by atoms with Gasteiger partial charge in [0.05, 0.1) is 5.52 Å². The molecule has 1 N–H and O–H groups in total. The number of carbonyl (C=O) groups is 1. The van der Waals surface area contributed by atoms with Gasteiger partial charge < -0.3 is 15.0 Å². The quantitative estimate of drug-likeness (QED) is 0.375. The van der Waals surface area contributed by atoms with Crippen molar-refractivity contribution in [2.75, 3.05) is 18.0 Å². The van der Waals surface area contributed by atoms with Gasteiger partial charge in [-0.25, -0.2) is 9.97 Å². The molecular weight excluding hydrogens is 424 g/mol. The fraction of sp³-hybridized carbons (Fsp3) is 0.250. The highest BCUT2D eigenvalue weighted by Crippen LogP contribution is 2.29. The van der Waals surface area contributed by atoms with Crippen LogP contribution in [-0.4, -0.2) is 35.1 Å². The van der Waals surface area contributed by atoms with Crippen molar-refractivity contribution in [1.29, 1.82) is 0 Å². The minimum absolute atomic E-state index is 0.152. The second-order valence-electron chi connectivity index (χ2n) is 8.09. The maximum Gasteiger partial charge on any atom is 0.261 e. The Labute approximate surface area is 200 Å². The number of carbonyl (C=O) groups excluding carboxylic acids is 1. The highest BCUT2D eigenvalue weighted by Gasteiger charge is 2.15. The van der Waals surface area contributed by atoms with Crippen molar-refractivity contribution in [2.45, 2.75) is 33.4 Å². The normalized spacial score (nSPS) is 11.7. The Bertz CT molecular complexity index is 1260. The van der Waals surface area contributed by atoms with Crippen molar-refractivity contribution in [1.82, 2.24) is 15.3 Å². The summed E-state index contributed by atoms with van der Waals surface area (Å²) in [5.74, 6) is 1.48. The maximum absolute atomic E-state index is 12.5. The Morgan fingerprint density at radius 2 is 1.71 bits per heavy atom. The van der Waals surface area contributed by atoms with E-state index in [2.05, 4.69) is 58.3 Å². The molecule has 34 heavy (non-hydrogen) atoms. The molecule has 1 unspecified atom stereocenters. The molecule has 0 saturated carbocycles. The molecule has 6 heteroatoms. The molecule has 1 heterocycles. The van der Waals surface area contributed by atoms with Gasteiger partial charge in [-0.1, -0.05) is 42.5 Å². The predicted molar refractivity (Wildman–Crippen MR) is 137 cm³/mol. The lowest BCUT2D eigenvalue weighted by molar-refractivity contribution is -0.127. The number of para-hydroxylation sites is 1. The summed E-state index contributed by atoms with van der Waals surface area (Å²) in [6, 6.07) is 23.8. The second kappa shape index (κ2) is 10.8. The Balaban J connectivity index is 1.50. The van der Waals surface area contributed by atoms with Gasteiger partial charge >= 0.3 is 0 Å². The van der Waals surface area contributed by atoms with E-state index in [0.717, 1.165) is 46.5 Å². The minimum atomic E-state index is -0.579. The SMILES string of the molecule is CCN(CC)c1ncnc2ccc(-c3cccc(CNC(=O)C(C)Oc4ccccc4)c3)cc12. The first-order valence-electron chi connectivity index (χ1n) is 11.7.